The summed E-state index contributed by atoms with van der Waals surface area (Å²) in [6, 6.07) is -0.395. The monoisotopic (exact) mass is 342 g/mol. The van der Waals surface area contributed by atoms with E-state index in [1.54, 1.807) is 4.90 Å². The van der Waals surface area contributed by atoms with Crippen LogP contribution in [0, 0.1) is 0 Å². The van der Waals surface area contributed by atoms with Crippen LogP contribution in [0.1, 0.15) is 51.4 Å². The lowest BCUT2D eigenvalue weighted by molar-refractivity contribution is -0.132. The van der Waals surface area contributed by atoms with Gasteiger partial charge in [0.1, 0.15) is 0 Å². The molecule has 0 spiro atoms. The lowest BCUT2D eigenvalue weighted by Gasteiger charge is -2.39. The van der Waals surface area contributed by atoms with Gasteiger partial charge in [0.2, 0.25) is 5.91 Å². The first-order valence-corrected chi connectivity index (χ1v) is 9.18. The number of likely N-dealkylation sites (tertiary alicyclic amines) is 2. The largest absolute Gasteiger partial charge is 0.395 e. The average Bonchev–Trinajstić information content (AvgIpc) is 2.91. The molecule has 2 fully saturated rings. The topological polar surface area (TPSA) is 43.8 Å². The van der Waals surface area contributed by atoms with Gasteiger partial charge >= 0.3 is 0 Å². The molecule has 4 nitrogen and oxygen atoms in total. The highest BCUT2D eigenvalue weighted by molar-refractivity contribution is 5.78. The van der Waals surface area contributed by atoms with E-state index in [-0.39, 0.29) is 31.5 Å². The van der Waals surface area contributed by atoms with Crippen molar-refractivity contribution in [3.8, 4) is 0 Å². The van der Waals surface area contributed by atoms with Crippen LogP contribution in [0.4, 0.5) is 8.78 Å². The Kier molecular flexibility index (Phi) is 5.55. The van der Waals surface area contributed by atoms with Gasteiger partial charge in [0.05, 0.1) is 13.2 Å². The number of carbonyl (C=O) groups excluding carboxylic acids is 1. The van der Waals surface area contributed by atoms with E-state index in [0.29, 0.717) is 19.5 Å². The average molecular weight is 342 g/mol. The summed E-state index contributed by atoms with van der Waals surface area (Å²) in [7, 11) is 0. The van der Waals surface area contributed by atoms with E-state index in [1.807, 2.05) is 4.90 Å². The highest BCUT2D eigenvalue weighted by Crippen LogP contribution is 2.35. The maximum absolute atomic E-state index is 13.6. The van der Waals surface area contributed by atoms with E-state index in [1.165, 1.54) is 18.4 Å². The molecule has 1 N–H and O–H groups in total. The lowest BCUT2D eigenvalue weighted by atomic mass is 9.96. The highest BCUT2D eigenvalue weighted by Gasteiger charge is 2.47. The van der Waals surface area contributed by atoms with Gasteiger partial charge in [-0.1, -0.05) is 11.6 Å². The number of aliphatic hydroxyl groups excluding tert-OH is 1. The third-order valence-electron chi connectivity index (χ3n) is 5.68. The van der Waals surface area contributed by atoms with Crippen LogP contribution in [0.3, 0.4) is 0 Å². The quantitative estimate of drug-likeness (QED) is 0.799. The zero-order valence-corrected chi connectivity index (χ0v) is 14.2. The Hall–Kier alpha value is -1.01. The van der Waals surface area contributed by atoms with Crippen molar-refractivity contribution in [2.75, 3.05) is 26.2 Å². The first-order chi connectivity index (χ1) is 11.5. The van der Waals surface area contributed by atoms with E-state index in [0.717, 1.165) is 25.7 Å². The lowest BCUT2D eigenvalue weighted by Crippen LogP contribution is -2.49. The van der Waals surface area contributed by atoms with Crippen molar-refractivity contribution in [1.29, 1.82) is 0 Å². The number of carbonyl (C=O) groups is 1. The van der Waals surface area contributed by atoms with Crippen molar-refractivity contribution in [2.24, 2.45) is 0 Å². The molecular formula is C18H28F2N2O2. The maximum Gasteiger partial charge on any atom is 0.262 e. The minimum absolute atomic E-state index is 0.0495. The fourth-order valence-corrected chi connectivity index (χ4v) is 4.34. The van der Waals surface area contributed by atoms with Crippen LogP contribution in [0.5, 0.6) is 0 Å². The standard InChI is InChI=1S/C18H28F2N2O2/c19-18(20)11-16(12-23)22(13-18)15-6-8-21(9-7-15)17(24)10-14-4-2-1-3-5-14/h4,15-16,23H,1-3,5-13H2/t16-/m0/s1. The molecule has 6 heteroatoms. The van der Waals surface area contributed by atoms with E-state index in [4.69, 9.17) is 0 Å². The van der Waals surface area contributed by atoms with Crippen molar-refractivity contribution in [1.82, 2.24) is 9.80 Å². The summed E-state index contributed by atoms with van der Waals surface area (Å²) in [5.41, 5.74) is 1.26. The molecule has 0 bridgehead atoms. The van der Waals surface area contributed by atoms with Crippen molar-refractivity contribution in [3.05, 3.63) is 11.6 Å². The third kappa shape index (κ3) is 4.14. The molecule has 0 aromatic rings. The Morgan fingerprint density at radius 1 is 1.29 bits per heavy atom. The van der Waals surface area contributed by atoms with E-state index in [9.17, 15) is 18.7 Å². The van der Waals surface area contributed by atoms with Crippen LogP contribution >= 0.6 is 0 Å². The number of halogens is 2. The predicted molar refractivity (Wildman–Crippen MR) is 87.9 cm³/mol. The molecule has 0 aromatic carbocycles. The third-order valence-corrected chi connectivity index (χ3v) is 5.68. The second-order valence-electron chi connectivity index (χ2n) is 7.47. The van der Waals surface area contributed by atoms with Crippen molar-refractivity contribution >= 4 is 5.91 Å². The first kappa shape index (κ1) is 17.8. The summed E-state index contributed by atoms with van der Waals surface area (Å²) in [5, 5.41) is 9.38. The van der Waals surface area contributed by atoms with Gasteiger partial charge in [-0.3, -0.25) is 9.69 Å². The molecule has 2 saturated heterocycles. The summed E-state index contributed by atoms with van der Waals surface area (Å²) in [4.78, 5) is 16.1. The normalized spacial score (nSPS) is 28.9. The molecule has 1 atom stereocenters. The Labute approximate surface area is 142 Å². The summed E-state index contributed by atoms with van der Waals surface area (Å²) in [5.74, 6) is -2.53. The molecule has 1 amide bonds. The fourth-order valence-electron chi connectivity index (χ4n) is 4.34. The van der Waals surface area contributed by atoms with Gasteiger partial charge in [0.15, 0.2) is 0 Å². The minimum atomic E-state index is -2.70. The van der Waals surface area contributed by atoms with E-state index in [2.05, 4.69) is 6.08 Å². The number of alkyl halides is 2. The number of hydrogen-bond acceptors (Lipinski definition) is 3. The van der Waals surface area contributed by atoms with Crippen LogP contribution in [-0.4, -0.2) is 65.1 Å². The molecule has 136 valence electrons. The molecule has 24 heavy (non-hydrogen) atoms. The number of hydrogen-bond donors (Lipinski definition) is 1. The maximum atomic E-state index is 13.6. The summed E-state index contributed by atoms with van der Waals surface area (Å²) in [6.45, 7) is 0.792. The second-order valence-corrected chi connectivity index (χ2v) is 7.47. The summed E-state index contributed by atoms with van der Waals surface area (Å²) < 4.78 is 27.3. The molecular weight excluding hydrogens is 314 g/mol. The fraction of sp³-hybridized carbons (Fsp3) is 0.833. The highest BCUT2D eigenvalue weighted by atomic mass is 19.3. The SMILES string of the molecule is O=C(CC1=CCCCC1)N1CCC(N2CC(F)(F)C[C@H]2CO)CC1. The van der Waals surface area contributed by atoms with Crippen LogP contribution in [0.15, 0.2) is 11.6 Å². The molecule has 3 rings (SSSR count). The van der Waals surface area contributed by atoms with E-state index < -0.39 is 12.0 Å². The van der Waals surface area contributed by atoms with Gasteiger partial charge in [-0.05, 0) is 38.5 Å². The van der Waals surface area contributed by atoms with Crippen LogP contribution in [0.25, 0.3) is 0 Å². The number of aliphatic hydroxyl groups is 1. The molecule has 0 aromatic heterocycles. The summed E-state index contributed by atoms with van der Waals surface area (Å²) in [6.07, 6.45) is 8.41. The van der Waals surface area contributed by atoms with Gasteiger partial charge in [-0.15, -0.1) is 0 Å². The predicted octanol–water partition coefficient (Wildman–Crippen LogP) is 2.57. The van der Waals surface area contributed by atoms with Crippen molar-refractivity contribution < 1.29 is 18.7 Å². The Morgan fingerprint density at radius 3 is 2.67 bits per heavy atom. The molecule has 0 unspecified atom stereocenters. The molecule has 1 aliphatic carbocycles. The molecule has 2 heterocycles. The molecule has 0 radical (unpaired) electrons. The van der Waals surface area contributed by atoms with Gasteiger partial charge in [0, 0.05) is 38.0 Å². The first-order valence-electron chi connectivity index (χ1n) is 9.18. The molecule has 3 aliphatic rings. The number of rotatable bonds is 4. The minimum Gasteiger partial charge on any atom is -0.395 e. The number of amides is 1. The van der Waals surface area contributed by atoms with Crippen LogP contribution in [0.2, 0.25) is 0 Å². The Bertz CT molecular complexity index is 487. The van der Waals surface area contributed by atoms with Gasteiger partial charge < -0.3 is 10.0 Å². The van der Waals surface area contributed by atoms with Crippen LogP contribution < -0.4 is 0 Å². The van der Waals surface area contributed by atoms with Gasteiger partial charge in [0.25, 0.3) is 5.92 Å². The molecule has 2 aliphatic heterocycles. The number of allylic oxidation sites excluding steroid dienone is 1. The Balaban J connectivity index is 1.50. The summed E-state index contributed by atoms with van der Waals surface area (Å²) >= 11 is 0. The molecule has 0 saturated carbocycles. The Morgan fingerprint density at radius 2 is 2.04 bits per heavy atom. The van der Waals surface area contributed by atoms with Gasteiger partial charge in [-0.2, -0.15) is 0 Å². The van der Waals surface area contributed by atoms with Crippen molar-refractivity contribution in [2.45, 2.75) is 69.4 Å². The number of nitrogens with zero attached hydrogens (tertiary/aromatic N) is 2. The second kappa shape index (κ2) is 7.48. The zero-order chi connectivity index (χ0) is 17.2. The van der Waals surface area contributed by atoms with Crippen LogP contribution in [-0.2, 0) is 4.79 Å². The van der Waals surface area contributed by atoms with Crippen molar-refractivity contribution in [3.63, 3.8) is 0 Å². The van der Waals surface area contributed by atoms with Gasteiger partial charge in [-0.25, -0.2) is 8.78 Å². The zero-order valence-electron chi connectivity index (χ0n) is 14.2. The number of piperidine rings is 1. The van der Waals surface area contributed by atoms with E-state index >= 15 is 0 Å². The smallest absolute Gasteiger partial charge is 0.262 e.